The minimum atomic E-state index is -0.157. The summed E-state index contributed by atoms with van der Waals surface area (Å²) in [4.78, 5) is 12.1. The first-order valence-electron chi connectivity index (χ1n) is 5.78. The van der Waals surface area contributed by atoms with Crippen LogP contribution in [-0.2, 0) is 4.79 Å². The predicted octanol–water partition coefficient (Wildman–Crippen LogP) is 4.05. The molecule has 0 aromatic rings. The molecule has 1 nitrogen and oxygen atoms in total. The van der Waals surface area contributed by atoms with Crippen LogP contribution >= 0.6 is 0 Å². The summed E-state index contributed by atoms with van der Waals surface area (Å²) in [5.41, 5.74) is 2.08. The number of hydrogen-bond acceptors (Lipinski definition) is 1. The van der Waals surface area contributed by atoms with E-state index in [9.17, 15) is 4.79 Å². The van der Waals surface area contributed by atoms with Crippen molar-refractivity contribution in [2.45, 2.75) is 52.4 Å². The highest BCUT2D eigenvalue weighted by atomic mass is 16.1. The maximum Gasteiger partial charge on any atom is 0.139 e. The highest BCUT2D eigenvalue weighted by Crippen LogP contribution is 2.42. The van der Waals surface area contributed by atoms with Crippen LogP contribution in [0.15, 0.2) is 24.3 Å². The molecule has 84 valence electrons. The molecule has 1 aliphatic rings. The number of allylic oxidation sites excluding steroid dienone is 2. The van der Waals surface area contributed by atoms with E-state index < -0.39 is 0 Å². The summed E-state index contributed by atoms with van der Waals surface area (Å²) in [6, 6.07) is 0. The molecule has 1 heteroatoms. The lowest BCUT2D eigenvalue weighted by molar-refractivity contribution is -0.131. The van der Waals surface area contributed by atoms with Crippen molar-refractivity contribution in [1.29, 1.82) is 0 Å². The van der Waals surface area contributed by atoms with Gasteiger partial charge in [-0.2, -0.15) is 0 Å². The number of rotatable bonds is 4. The molecule has 0 spiro atoms. The van der Waals surface area contributed by atoms with Crippen LogP contribution in [0.1, 0.15) is 52.4 Å². The Morgan fingerprint density at radius 1 is 1.20 bits per heavy atom. The van der Waals surface area contributed by atoms with Crippen molar-refractivity contribution in [3.8, 4) is 0 Å². The van der Waals surface area contributed by atoms with Crippen molar-refractivity contribution >= 4 is 5.78 Å². The summed E-state index contributed by atoms with van der Waals surface area (Å²) in [6.45, 7) is 11.9. The van der Waals surface area contributed by atoms with Crippen LogP contribution in [0.3, 0.4) is 0 Å². The maximum absolute atomic E-state index is 12.1. The number of carbonyl (C=O) groups excluding carboxylic acids is 1. The molecular formula is C14H22O. The van der Waals surface area contributed by atoms with Gasteiger partial charge < -0.3 is 0 Å². The molecular weight excluding hydrogens is 184 g/mol. The average Bonchev–Trinajstić information content (AvgIpc) is 2.08. The number of hydrogen-bond donors (Lipinski definition) is 0. The molecule has 1 rings (SSSR count). The zero-order valence-electron chi connectivity index (χ0n) is 10.1. The lowest BCUT2D eigenvalue weighted by Gasteiger charge is -2.36. The largest absolute Gasteiger partial charge is 0.299 e. The monoisotopic (exact) mass is 206 g/mol. The van der Waals surface area contributed by atoms with Gasteiger partial charge in [-0.1, -0.05) is 17.6 Å². The Morgan fingerprint density at radius 3 is 2.13 bits per heavy atom. The summed E-state index contributed by atoms with van der Waals surface area (Å²) in [6.07, 6.45) is 5.70. The first-order chi connectivity index (χ1) is 6.96. The normalized spacial score (nSPS) is 20.0. The molecule has 0 aliphatic heterocycles. The summed E-state index contributed by atoms with van der Waals surface area (Å²) >= 11 is 0. The van der Waals surface area contributed by atoms with Gasteiger partial charge in [0.1, 0.15) is 5.78 Å². The molecule has 1 saturated carbocycles. The molecule has 0 bridgehead atoms. The molecule has 0 N–H and O–H groups in total. The van der Waals surface area contributed by atoms with Crippen molar-refractivity contribution in [2.75, 3.05) is 0 Å². The van der Waals surface area contributed by atoms with E-state index in [0.29, 0.717) is 5.78 Å². The van der Waals surface area contributed by atoms with E-state index in [-0.39, 0.29) is 5.41 Å². The molecule has 0 radical (unpaired) electrons. The smallest absolute Gasteiger partial charge is 0.139 e. The van der Waals surface area contributed by atoms with Crippen LogP contribution in [0.5, 0.6) is 0 Å². The van der Waals surface area contributed by atoms with Crippen LogP contribution < -0.4 is 0 Å². The molecule has 0 aromatic heterocycles. The molecule has 15 heavy (non-hydrogen) atoms. The Hall–Kier alpha value is -0.850. The Labute approximate surface area is 93.3 Å². The van der Waals surface area contributed by atoms with Gasteiger partial charge in [0.2, 0.25) is 0 Å². The standard InChI is InChI=1S/C14H22O/c1-11(2)9-14(10-12(3)4)8-6-5-7-13(14)15/h1,3,5-10H2,2,4H3. The molecule has 0 aromatic carbocycles. The van der Waals surface area contributed by atoms with Crippen molar-refractivity contribution in [2.24, 2.45) is 5.41 Å². The first-order valence-corrected chi connectivity index (χ1v) is 5.78. The summed E-state index contributed by atoms with van der Waals surface area (Å²) in [5, 5.41) is 0. The third-order valence-corrected chi connectivity index (χ3v) is 3.18. The number of carbonyl (C=O) groups is 1. The van der Waals surface area contributed by atoms with Gasteiger partial charge in [0.15, 0.2) is 0 Å². The quantitative estimate of drug-likeness (QED) is 0.634. The fraction of sp³-hybridized carbons (Fsp3) is 0.643. The Bertz CT molecular complexity index is 270. The van der Waals surface area contributed by atoms with E-state index >= 15 is 0 Å². The topological polar surface area (TPSA) is 17.1 Å². The molecule has 0 heterocycles. The van der Waals surface area contributed by atoms with Crippen LogP contribution in [0.4, 0.5) is 0 Å². The van der Waals surface area contributed by atoms with Crippen LogP contribution in [0, 0.1) is 5.41 Å². The molecule has 0 amide bonds. The van der Waals surface area contributed by atoms with Crippen molar-refractivity contribution in [3.63, 3.8) is 0 Å². The zero-order valence-corrected chi connectivity index (χ0v) is 10.1. The predicted molar refractivity (Wildman–Crippen MR) is 64.8 cm³/mol. The van der Waals surface area contributed by atoms with Crippen LogP contribution in [0.2, 0.25) is 0 Å². The molecule has 1 fully saturated rings. The van der Waals surface area contributed by atoms with Gasteiger partial charge in [0.05, 0.1) is 0 Å². The second-order valence-electron chi connectivity index (χ2n) is 5.18. The lowest BCUT2D eigenvalue weighted by atomic mass is 9.66. The SMILES string of the molecule is C=C(C)CC1(CC(=C)C)CCCCC1=O. The van der Waals surface area contributed by atoms with Gasteiger partial charge in [-0.15, -0.1) is 13.2 Å². The van der Waals surface area contributed by atoms with E-state index in [0.717, 1.165) is 43.3 Å². The van der Waals surface area contributed by atoms with Gasteiger partial charge >= 0.3 is 0 Å². The zero-order chi connectivity index (χ0) is 11.5. The van der Waals surface area contributed by atoms with E-state index in [1.54, 1.807) is 0 Å². The van der Waals surface area contributed by atoms with Crippen molar-refractivity contribution in [3.05, 3.63) is 24.3 Å². The molecule has 0 saturated heterocycles. The molecule has 0 atom stereocenters. The minimum Gasteiger partial charge on any atom is -0.299 e. The van der Waals surface area contributed by atoms with Crippen molar-refractivity contribution in [1.82, 2.24) is 0 Å². The Kier molecular flexibility index (Phi) is 3.90. The number of ketones is 1. The minimum absolute atomic E-state index is 0.157. The third-order valence-electron chi connectivity index (χ3n) is 3.18. The van der Waals surface area contributed by atoms with E-state index in [2.05, 4.69) is 13.2 Å². The van der Waals surface area contributed by atoms with Gasteiger partial charge in [0, 0.05) is 11.8 Å². The second-order valence-corrected chi connectivity index (χ2v) is 5.18. The van der Waals surface area contributed by atoms with Gasteiger partial charge in [-0.3, -0.25) is 4.79 Å². The van der Waals surface area contributed by atoms with E-state index in [1.807, 2.05) is 13.8 Å². The highest BCUT2D eigenvalue weighted by molar-refractivity contribution is 5.86. The first kappa shape index (κ1) is 12.2. The van der Waals surface area contributed by atoms with E-state index in [1.165, 1.54) is 6.42 Å². The van der Waals surface area contributed by atoms with Crippen LogP contribution in [-0.4, -0.2) is 5.78 Å². The summed E-state index contributed by atoms with van der Waals surface area (Å²) < 4.78 is 0. The fourth-order valence-corrected chi connectivity index (χ4v) is 2.75. The second kappa shape index (κ2) is 4.78. The third kappa shape index (κ3) is 3.05. The number of Topliss-reactive ketones (excluding diaryl/α,β-unsaturated/α-hetero) is 1. The molecule has 0 unspecified atom stereocenters. The Balaban J connectivity index is 2.87. The Morgan fingerprint density at radius 2 is 1.73 bits per heavy atom. The van der Waals surface area contributed by atoms with E-state index in [4.69, 9.17) is 0 Å². The maximum atomic E-state index is 12.1. The van der Waals surface area contributed by atoms with Gasteiger partial charge in [-0.05, 0) is 39.5 Å². The highest BCUT2D eigenvalue weighted by Gasteiger charge is 2.39. The van der Waals surface area contributed by atoms with Gasteiger partial charge in [0.25, 0.3) is 0 Å². The summed E-state index contributed by atoms with van der Waals surface area (Å²) in [7, 11) is 0. The average molecular weight is 206 g/mol. The fourth-order valence-electron chi connectivity index (χ4n) is 2.75. The van der Waals surface area contributed by atoms with Gasteiger partial charge in [-0.25, -0.2) is 0 Å². The van der Waals surface area contributed by atoms with Crippen LogP contribution in [0.25, 0.3) is 0 Å². The van der Waals surface area contributed by atoms with Crippen molar-refractivity contribution < 1.29 is 4.79 Å². The summed E-state index contributed by atoms with van der Waals surface area (Å²) in [5.74, 6) is 0.430. The lowest BCUT2D eigenvalue weighted by Crippen LogP contribution is -2.34. The molecule has 1 aliphatic carbocycles.